The maximum Gasteiger partial charge on any atom is 0.416 e. The number of anilines is 2. The Morgan fingerprint density at radius 3 is 2.42 bits per heavy atom. The van der Waals surface area contributed by atoms with Gasteiger partial charge in [-0.3, -0.25) is 9.69 Å². The summed E-state index contributed by atoms with van der Waals surface area (Å²) < 4.78 is 39.5. The van der Waals surface area contributed by atoms with E-state index in [0.29, 0.717) is 31.6 Å². The minimum absolute atomic E-state index is 0.207. The van der Waals surface area contributed by atoms with Crippen LogP contribution in [0.25, 0.3) is 0 Å². The number of nitrogens with zero attached hydrogens (tertiary/aromatic N) is 2. The average Bonchev–Trinajstić information content (AvgIpc) is 3.05. The van der Waals surface area contributed by atoms with Gasteiger partial charge < -0.3 is 10.2 Å². The molecule has 0 atom stereocenters. The van der Waals surface area contributed by atoms with Crippen LogP contribution in [-0.2, 0) is 11.0 Å². The Kier molecular flexibility index (Phi) is 5.63. The molecule has 31 heavy (non-hydrogen) atoms. The lowest BCUT2D eigenvalue weighted by Gasteiger charge is -2.44. The highest BCUT2D eigenvalue weighted by Gasteiger charge is 2.49. The third-order valence-corrected chi connectivity index (χ3v) is 7.21. The van der Waals surface area contributed by atoms with Crippen molar-refractivity contribution in [1.29, 1.82) is 0 Å². The van der Waals surface area contributed by atoms with Gasteiger partial charge in [-0.05, 0) is 50.1 Å². The summed E-state index contributed by atoms with van der Waals surface area (Å²) in [7, 11) is 0. The van der Waals surface area contributed by atoms with Crippen LogP contribution in [0, 0.1) is 6.92 Å². The highest BCUT2D eigenvalue weighted by atomic mass is 32.2. The van der Waals surface area contributed by atoms with Gasteiger partial charge in [0.15, 0.2) is 0 Å². The number of piperidine rings is 1. The van der Waals surface area contributed by atoms with Gasteiger partial charge in [0.25, 0.3) is 0 Å². The fourth-order valence-electron chi connectivity index (χ4n) is 4.02. The number of carbonyl (C=O) groups is 2. The van der Waals surface area contributed by atoms with E-state index in [1.165, 1.54) is 28.8 Å². The van der Waals surface area contributed by atoms with Gasteiger partial charge in [-0.15, -0.1) is 11.8 Å². The first-order valence-corrected chi connectivity index (χ1v) is 10.9. The second kappa shape index (κ2) is 8.11. The number of thioether (sulfide) groups is 1. The summed E-state index contributed by atoms with van der Waals surface area (Å²) >= 11 is 1.45. The number of benzene rings is 2. The predicted octanol–water partition coefficient (Wildman–Crippen LogP) is 5.12. The Hall–Kier alpha value is -2.68. The van der Waals surface area contributed by atoms with Crippen molar-refractivity contribution >= 4 is 35.1 Å². The zero-order valence-corrected chi connectivity index (χ0v) is 17.7. The van der Waals surface area contributed by atoms with Crippen LogP contribution < -0.4 is 10.2 Å². The zero-order chi connectivity index (χ0) is 22.2. The molecule has 2 aromatic carbocycles. The Bertz CT molecular complexity index is 986. The van der Waals surface area contributed by atoms with E-state index in [4.69, 9.17) is 0 Å². The number of nitrogens with one attached hydrogen (secondary N) is 1. The molecule has 2 fully saturated rings. The second-order valence-electron chi connectivity index (χ2n) is 7.80. The molecule has 0 aliphatic carbocycles. The van der Waals surface area contributed by atoms with Crippen molar-refractivity contribution in [3.8, 4) is 0 Å². The van der Waals surface area contributed by atoms with E-state index in [1.807, 2.05) is 31.2 Å². The molecule has 2 heterocycles. The molecule has 0 saturated carbocycles. The number of rotatable bonds is 2. The molecule has 0 radical (unpaired) electrons. The quantitative estimate of drug-likeness (QED) is 0.693. The van der Waals surface area contributed by atoms with Crippen LogP contribution in [0.15, 0.2) is 48.5 Å². The Balaban J connectivity index is 1.48. The molecule has 2 aliphatic rings. The van der Waals surface area contributed by atoms with E-state index in [1.54, 1.807) is 4.90 Å². The van der Waals surface area contributed by atoms with Crippen LogP contribution in [0.1, 0.15) is 24.0 Å². The third kappa shape index (κ3) is 4.37. The van der Waals surface area contributed by atoms with E-state index < -0.39 is 16.6 Å². The molecular weight excluding hydrogens is 427 g/mol. The number of hydrogen-bond donors (Lipinski definition) is 1. The summed E-state index contributed by atoms with van der Waals surface area (Å²) in [5.41, 5.74) is 1.27. The van der Waals surface area contributed by atoms with Gasteiger partial charge in [-0.2, -0.15) is 13.2 Å². The monoisotopic (exact) mass is 449 g/mol. The highest BCUT2D eigenvalue weighted by molar-refractivity contribution is 8.02. The van der Waals surface area contributed by atoms with Crippen molar-refractivity contribution in [2.45, 2.75) is 30.8 Å². The SMILES string of the molecule is Cc1ccc(NC(=O)N2CCC3(CC2)SCC(=O)N3c2cccc(C(F)(F)F)c2)cc1. The molecule has 2 saturated heterocycles. The number of aryl methyl sites for hydroxylation is 1. The fraction of sp³-hybridized carbons (Fsp3) is 0.364. The lowest BCUT2D eigenvalue weighted by atomic mass is 10.0. The zero-order valence-electron chi connectivity index (χ0n) is 16.9. The van der Waals surface area contributed by atoms with Crippen molar-refractivity contribution in [1.82, 2.24) is 4.90 Å². The molecule has 9 heteroatoms. The first-order valence-electron chi connectivity index (χ1n) is 9.95. The van der Waals surface area contributed by atoms with Gasteiger partial charge in [0.2, 0.25) is 5.91 Å². The molecule has 4 rings (SSSR count). The summed E-state index contributed by atoms with van der Waals surface area (Å²) in [6.07, 6.45) is -3.50. The number of hydrogen-bond acceptors (Lipinski definition) is 3. The molecule has 164 valence electrons. The number of halogens is 3. The van der Waals surface area contributed by atoms with Crippen molar-refractivity contribution < 1.29 is 22.8 Å². The number of alkyl halides is 3. The van der Waals surface area contributed by atoms with Gasteiger partial charge in [0.1, 0.15) is 0 Å². The molecule has 2 aliphatic heterocycles. The van der Waals surface area contributed by atoms with Crippen molar-refractivity contribution in [3.63, 3.8) is 0 Å². The minimum atomic E-state index is -4.48. The second-order valence-corrected chi connectivity index (χ2v) is 9.13. The third-order valence-electron chi connectivity index (χ3n) is 5.69. The molecule has 1 spiro atoms. The van der Waals surface area contributed by atoms with Gasteiger partial charge in [-0.25, -0.2) is 4.79 Å². The highest BCUT2D eigenvalue weighted by Crippen LogP contribution is 2.47. The molecule has 0 bridgehead atoms. The smallest absolute Gasteiger partial charge is 0.324 e. The lowest BCUT2D eigenvalue weighted by Crippen LogP contribution is -2.53. The van der Waals surface area contributed by atoms with E-state index in [2.05, 4.69) is 5.32 Å². The molecule has 0 unspecified atom stereocenters. The van der Waals surface area contributed by atoms with E-state index in [9.17, 15) is 22.8 Å². The van der Waals surface area contributed by atoms with Crippen LogP contribution >= 0.6 is 11.8 Å². The predicted molar refractivity (Wildman–Crippen MR) is 115 cm³/mol. The van der Waals surface area contributed by atoms with Crippen LogP contribution in [0.5, 0.6) is 0 Å². The van der Waals surface area contributed by atoms with Crippen LogP contribution in [0.3, 0.4) is 0 Å². The summed E-state index contributed by atoms with van der Waals surface area (Å²) in [5, 5.41) is 2.87. The lowest BCUT2D eigenvalue weighted by molar-refractivity contribution is -0.137. The minimum Gasteiger partial charge on any atom is -0.324 e. The molecular formula is C22H22F3N3O2S. The van der Waals surface area contributed by atoms with Crippen LogP contribution in [0.4, 0.5) is 29.3 Å². The fourth-order valence-corrected chi connectivity index (χ4v) is 5.35. The molecule has 5 nitrogen and oxygen atoms in total. The van der Waals surface area contributed by atoms with E-state index in [-0.39, 0.29) is 23.4 Å². The molecule has 2 aromatic rings. The molecule has 0 aromatic heterocycles. The van der Waals surface area contributed by atoms with Crippen molar-refractivity contribution in [2.75, 3.05) is 29.1 Å². The van der Waals surface area contributed by atoms with Crippen molar-refractivity contribution in [2.24, 2.45) is 0 Å². The molecule has 3 amide bonds. The van der Waals surface area contributed by atoms with Gasteiger partial charge >= 0.3 is 12.2 Å². The van der Waals surface area contributed by atoms with Gasteiger partial charge in [0, 0.05) is 24.5 Å². The normalized spacial score (nSPS) is 18.5. The van der Waals surface area contributed by atoms with Gasteiger partial charge in [0.05, 0.1) is 16.2 Å². The first kappa shape index (κ1) is 21.5. The van der Waals surface area contributed by atoms with Crippen molar-refractivity contribution in [3.05, 3.63) is 59.7 Å². The number of likely N-dealkylation sites (tertiary alicyclic amines) is 1. The number of urea groups is 1. The maximum atomic E-state index is 13.2. The van der Waals surface area contributed by atoms with Gasteiger partial charge in [-0.1, -0.05) is 23.8 Å². The first-order chi connectivity index (χ1) is 14.7. The van der Waals surface area contributed by atoms with Crippen LogP contribution in [0.2, 0.25) is 0 Å². The summed E-state index contributed by atoms with van der Waals surface area (Å²) in [4.78, 5) is 27.8. The van der Waals surface area contributed by atoms with Crippen LogP contribution in [-0.4, -0.2) is 40.6 Å². The number of carbonyl (C=O) groups excluding carboxylic acids is 2. The number of amides is 3. The largest absolute Gasteiger partial charge is 0.416 e. The summed E-state index contributed by atoms with van der Waals surface area (Å²) in [5.74, 6) is 0.00750. The van der Waals surface area contributed by atoms with E-state index in [0.717, 1.165) is 17.7 Å². The summed E-state index contributed by atoms with van der Waals surface area (Å²) in [6, 6.07) is 12.2. The average molecular weight is 449 g/mol. The maximum absolute atomic E-state index is 13.2. The Morgan fingerprint density at radius 2 is 1.77 bits per heavy atom. The standard InChI is InChI=1S/C22H22F3N3O2S/c1-15-5-7-17(8-6-15)26-20(30)27-11-9-21(10-12-27)28(19(29)14-31-21)18-4-2-3-16(13-18)22(23,24)25/h2-8,13H,9-12,14H2,1H3,(H,26,30). The van der Waals surface area contributed by atoms with E-state index >= 15 is 0 Å². The summed E-state index contributed by atoms with van der Waals surface area (Å²) in [6.45, 7) is 2.78. The Labute approximate surface area is 182 Å². The molecule has 1 N–H and O–H groups in total. The Morgan fingerprint density at radius 1 is 1.10 bits per heavy atom. The topological polar surface area (TPSA) is 52.7 Å².